The van der Waals surface area contributed by atoms with Gasteiger partial charge < -0.3 is 14.6 Å². The molecule has 2 fully saturated rings. The maximum Gasteiger partial charge on any atom is 0.162 e. The van der Waals surface area contributed by atoms with Crippen LogP contribution in [0.3, 0.4) is 0 Å². The highest BCUT2D eigenvalue weighted by molar-refractivity contribution is 7.81. The highest BCUT2D eigenvalue weighted by Gasteiger charge is 2.28. The second-order valence-corrected chi connectivity index (χ2v) is 11.8. The van der Waals surface area contributed by atoms with Gasteiger partial charge in [0.1, 0.15) is 0 Å². The van der Waals surface area contributed by atoms with Crippen molar-refractivity contribution in [1.82, 2.24) is 24.2 Å². The van der Waals surface area contributed by atoms with E-state index in [-0.39, 0.29) is 0 Å². The molecule has 1 N–H and O–H groups in total. The highest BCUT2D eigenvalue weighted by Crippen LogP contribution is 2.36. The summed E-state index contributed by atoms with van der Waals surface area (Å²) in [7, 11) is 1.27. The molecule has 2 atom stereocenters. The molecule has 4 aromatic rings. The molecule has 8 nitrogen and oxygen atoms in total. The third-order valence-electron chi connectivity index (χ3n) is 7.07. The van der Waals surface area contributed by atoms with Crippen LogP contribution in [0, 0.1) is 0 Å². The Morgan fingerprint density at radius 2 is 2.09 bits per heavy atom. The third kappa shape index (κ3) is 4.49. The largest absolute Gasteiger partial charge is 0.378 e. The quantitative estimate of drug-likeness (QED) is 0.428. The van der Waals surface area contributed by atoms with Crippen LogP contribution in [0.15, 0.2) is 36.5 Å². The van der Waals surface area contributed by atoms with Crippen molar-refractivity contribution in [2.45, 2.75) is 19.0 Å². The van der Waals surface area contributed by atoms with E-state index in [1.165, 1.54) is 4.88 Å². The first-order valence-corrected chi connectivity index (χ1v) is 14.4. The number of H-pyrrole nitrogens is 1. The SMILES string of the molecule is CN(Cc1cc2nc(-c3cccc4[nH]ccc34)nc(N3CCOCC3)c2s1)C1CCN(S(C)=O)C1. The zero-order valence-electron chi connectivity index (χ0n) is 20.1. The minimum absolute atomic E-state index is 0.413. The second kappa shape index (κ2) is 9.59. The van der Waals surface area contributed by atoms with E-state index in [0.717, 1.165) is 77.5 Å². The fourth-order valence-electron chi connectivity index (χ4n) is 5.11. The summed E-state index contributed by atoms with van der Waals surface area (Å²) in [5.74, 6) is 1.77. The number of aromatic amines is 1. The molecule has 1 aromatic carbocycles. The first-order valence-electron chi connectivity index (χ1n) is 12.0. The van der Waals surface area contributed by atoms with Crippen molar-refractivity contribution >= 4 is 49.3 Å². The number of ether oxygens (including phenoxy) is 1. The topological polar surface area (TPSA) is 77.6 Å². The highest BCUT2D eigenvalue weighted by atomic mass is 32.2. The molecule has 3 aromatic heterocycles. The summed E-state index contributed by atoms with van der Waals surface area (Å²) in [6, 6.07) is 11.0. The Kier molecular flexibility index (Phi) is 6.32. The van der Waals surface area contributed by atoms with Crippen molar-refractivity contribution in [2.75, 3.05) is 57.6 Å². The van der Waals surface area contributed by atoms with Crippen molar-refractivity contribution in [3.63, 3.8) is 0 Å². The van der Waals surface area contributed by atoms with Crippen LogP contribution in [0.25, 0.3) is 32.5 Å². The number of anilines is 1. The van der Waals surface area contributed by atoms with Gasteiger partial charge in [0.25, 0.3) is 0 Å². The number of fused-ring (bicyclic) bond motifs is 2. The van der Waals surface area contributed by atoms with Gasteiger partial charge in [0.2, 0.25) is 0 Å². The van der Waals surface area contributed by atoms with E-state index in [9.17, 15) is 4.21 Å². The molecule has 0 radical (unpaired) electrons. The van der Waals surface area contributed by atoms with Gasteiger partial charge in [0.05, 0.1) is 34.4 Å². The Bertz CT molecular complexity index is 1380. The standard InChI is InChI=1S/C25H30N6O2S2/c1-29(17-7-9-31(15-17)35(2)32)16-18-14-22-23(34-18)25(30-10-12-33-13-11-30)28-24(27-22)20-4-3-5-21-19(20)6-8-26-21/h3-6,8,14,17,26H,7,9-13,15-16H2,1-2H3. The summed E-state index contributed by atoms with van der Waals surface area (Å²) in [5.41, 5.74) is 3.13. The Morgan fingerprint density at radius 3 is 2.89 bits per heavy atom. The molecule has 10 heteroatoms. The van der Waals surface area contributed by atoms with E-state index in [2.05, 4.69) is 56.5 Å². The van der Waals surface area contributed by atoms with Gasteiger partial charge in [-0.2, -0.15) is 0 Å². The molecule has 2 unspecified atom stereocenters. The molecule has 6 rings (SSSR count). The number of aromatic nitrogens is 3. The summed E-state index contributed by atoms with van der Waals surface area (Å²) >= 11 is 1.79. The van der Waals surface area contributed by atoms with Gasteiger partial charge >= 0.3 is 0 Å². The van der Waals surface area contributed by atoms with E-state index in [4.69, 9.17) is 14.7 Å². The van der Waals surface area contributed by atoms with Crippen molar-refractivity contribution in [1.29, 1.82) is 0 Å². The Labute approximate surface area is 211 Å². The summed E-state index contributed by atoms with van der Waals surface area (Å²) < 4.78 is 20.7. The van der Waals surface area contributed by atoms with Crippen molar-refractivity contribution in [3.05, 3.63) is 41.4 Å². The van der Waals surface area contributed by atoms with Crippen LogP contribution in [0.5, 0.6) is 0 Å². The fraction of sp³-hybridized carbons (Fsp3) is 0.440. The Morgan fingerprint density at radius 1 is 1.23 bits per heavy atom. The zero-order chi connectivity index (χ0) is 23.9. The smallest absolute Gasteiger partial charge is 0.162 e. The normalized spacial score (nSPS) is 20.4. The lowest BCUT2D eigenvalue weighted by Crippen LogP contribution is -2.36. The van der Waals surface area contributed by atoms with Crippen molar-refractivity contribution in [3.8, 4) is 11.4 Å². The van der Waals surface area contributed by atoms with Gasteiger partial charge in [-0.25, -0.2) is 18.5 Å². The van der Waals surface area contributed by atoms with Crippen molar-refractivity contribution < 1.29 is 8.95 Å². The summed E-state index contributed by atoms with van der Waals surface area (Å²) in [6.07, 6.45) is 4.78. The first-order chi connectivity index (χ1) is 17.1. The maximum atomic E-state index is 11.9. The molecule has 0 amide bonds. The number of hydrogen-bond acceptors (Lipinski definition) is 7. The minimum Gasteiger partial charge on any atom is -0.378 e. The predicted octanol–water partition coefficient (Wildman–Crippen LogP) is 3.48. The number of thiophene rings is 1. The van der Waals surface area contributed by atoms with Crippen LogP contribution in [-0.2, 0) is 22.3 Å². The van der Waals surface area contributed by atoms with Crippen LogP contribution < -0.4 is 4.90 Å². The van der Waals surface area contributed by atoms with Gasteiger partial charge in [-0.3, -0.25) is 4.90 Å². The number of likely N-dealkylation sites (N-methyl/N-ethyl adjacent to an activating group) is 1. The number of hydrogen-bond donors (Lipinski definition) is 1. The first kappa shape index (κ1) is 23.1. The van der Waals surface area contributed by atoms with E-state index in [1.807, 2.05) is 6.20 Å². The predicted molar refractivity (Wildman–Crippen MR) is 143 cm³/mol. The molecular weight excluding hydrogens is 480 g/mol. The van der Waals surface area contributed by atoms with Crippen LogP contribution in [0.2, 0.25) is 0 Å². The molecular formula is C25H30N6O2S2. The molecule has 2 saturated heterocycles. The fourth-order valence-corrected chi connectivity index (χ4v) is 7.03. The van der Waals surface area contributed by atoms with Crippen LogP contribution in [0.4, 0.5) is 5.82 Å². The molecule has 0 bridgehead atoms. The van der Waals surface area contributed by atoms with Gasteiger partial charge in [-0.15, -0.1) is 11.3 Å². The number of nitrogens with one attached hydrogen (secondary N) is 1. The van der Waals surface area contributed by atoms with E-state index < -0.39 is 11.0 Å². The molecule has 2 aliphatic heterocycles. The molecule has 184 valence electrons. The number of benzene rings is 1. The molecule has 35 heavy (non-hydrogen) atoms. The van der Waals surface area contributed by atoms with Gasteiger partial charge in [0, 0.05) is 72.6 Å². The molecule has 2 aliphatic rings. The summed E-state index contributed by atoms with van der Waals surface area (Å²) in [4.78, 5) is 19.5. The lowest BCUT2D eigenvalue weighted by molar-refractivity contribution is 0.122. The van der Waals surface area contributed by atoms with Crippen molar-refractivity contribution in [2.24, 2.45) is 0 Å². The van der Waals surface area contributed by atoms with Crippen LogP contribution in [0.1, 0.15) is 11.3 Å². The Hall–Kier alpha value is -2.37. The molecule has 0 aliphatic carbocycles. The molecule has 0 spiro atoms. The Balaban J connectivity index is 1.37. The van der Waals surface area contributed by atoms with Gasteiger partial charge in [-0.05, 0) is 31.7 Å². The average Bonchev–Trinajstić information content (AvgIpc) is 3.62. The number of rotatable bonds is 6. The lowest BCUT2D eigenvalue weighted by Gasteiger charge is -2.28. The van der Waals surface area contributed by atoms with Gasteiger partial charge in [0.15, 0.2) is 11.6 Å². The van der Waals surface area contributed by atoms with E-state index in [0.29, 0.717) is 19.3 Å². The third-order valence-corrected chi connectivity index (χ3v) is 9.23. The van der Waals surface area contributed by atoms with Crippen LogP contribution >= 0.6 is 11.3 Å². The summed E-state index contributed by atoms with van der Waals surface area (Å²) in [5, 5.41) is 1.13. The van der Waals surface area contributed by atoms with E-state index in [1.54, 1.807) is 17.6 Å². The molecule has 5 heterocycles. The number of nitrogens with zero attached hydrogens (tertiary/aromatic N) is 5. The lowest BCUT2D eigenvalue weighted by atomic mass is 10.1. The number of morpholine rings is 1. The monoisotopic (exact) mass is 510 g/mol. The van der Waals surface area contributed by atoms with Gasteiger partial charge in [-0.1, -0.05) is 12.1 Å². The zero-order valence-corrected chi connectivity index (χ0v) is 21.7. The van der Waals surface area contributed by atoms with Crippen LogP contribution in [-0.4, -0.2) is 87.1 Å². The van der Waals surface area contributed by atoms with E-state index >= 15 is 0 Å². The average molecular weight is 511 g/mol. The minimum atomic E-state index is -0.898. The maximum absolute atomic E-state index is 11.9. The molecule has 0 saturated carbocycles. The summed E-state index contributed by atoms with van der Waals surface area (Å²) in [6.45, 7) is 5.69. The second-order valence-electron chi connectivity index (χ2n) is 9.31.